The quantitative estimate of drug-likeness (QED) is 0.636. The Hall–Kier alpha value is -3.48. The molecule has 3 aromatic rings. The van der Waals surface area contributed by atoms with Gasteiger partial charge in [-0.05, 0) is 28.5 Å². The minimum Gasteiger partial charge on any atom is -0.487 e. The third-order valence-electron chi connectivity index (χ3n) is 5.65. The number of nitrogens with one attached hydrogen (secondary N) is 1. The summed E-state index contributed by atoms with van der Waals surface area (Å²) < 4.78 is 32.4. The molecule has 1 heterocycles. The van der Waals surface area contributed by atoms with Crippen LogP contribution in [0.1, 0.15) is 18.4 Å². The molecule has 1 N–H and O–H groups in total. The largest absolute Gasteiger partial charge is 0.487 e. The van der Waals surface area contributed by atoms with E-state index >= 15 is 0 Å². The summed E-state index contributed by atoms with van der Waals surface area (Å²) in [6.45, 7) is 0.832. The van der Waals surface area contributed by atoms with Gasteiger partial charge in [0.15, 0.2) is 11.6 Å². The Morgan fingerprint density at radius 2 is 1.75 bits per heavy atom. The van der Waals surface area contributed by atoms with Crippen LogP contribution in [0.3, 0.4) is 0 Å². The Morgan fingerprint density at radius 3 is 2.53 bits per heavy atom. The monoisotopic (exact) mass is 438 g/mol. The van der Waals surface area contributed by atoms with Crippen LogP contribution in [0.4, 0.5) is 8.78 Å². The topological polar surface area (TPSA) is 58.6 Å². The molecule has 0 unspecified atom stereocenters. The van der Waals surface area contributed by atoms with Crippen molar-refractivity contribution in [1.82, 2.24) is 10.2 Å². The van der Waals surface area contributed by atoms with Crippen molar-refractivity contribution in [2.45, 2.75) is 25.4 Å². The normalized spacial score (nSPS) is 14.4. The number of hydrogen-bond donors (Lipinski definition) is 1. The van der Waals surface area contributed by atoms with Crippen LogP contribution in [0, 0.1) is 11.6 Å². The first-order chi connectivity index (χ1) is 15.5. The first kappa shape index (κ1) is 21.7. The lowest BCUT2D eigenvalue weighted by Crippen LogP contribution is -2.46. The Balaban J connectivity index is 1.24. The first-order valence-electron chi connectivity index (χ1n) is 10.6. The predicted octanol–water partition coefficient (Wildman–Crippen LogP) is 3.85. The first-order valence-corrected chi connectivity index (χ1v) is 10.6. The number of carbonyl (C=O) groups excluding carboxylic acids is 2. The minimum atomic E-state index is -0.739. The van der Waals surface area contributed by atoms with Gasteiger partial charge >= 0.3 is 0 Å². The number of ether oxygens (including phenoxy) is 1. The molecule has 0 bridgehead atoms. The molecule has 32 heavy (non-hydrogen) atoms. The maximum Gasteiger partial charge on any atom is 0.241 e. The van der Waals surface area contributed by atoms with Gasteiger partial charge in [-0.2, -0.15) is 0 Å². The summed E-state index contributed by atoms with van der Waals surface area (Å²) in [5.41, 5.74) is 0.916. The number of benzene rings is 3. The van der Waals surface area contributed by atoms with Gasteiger partial charge in [0.1, 0.15) is 11.9 Å². The number of rotatable bonds is 6. The number of amides is 2. The van der Waals surface area contributed by atoms with Crippen molar-refractivity contribution in [3.05, 3.63) is 77.9 Å². The van der Waals surface area contributed by atoms with E-state index in [2.05, 4.69) is 5.32 Å². The van der Waals surface area contributed by atoms with Crippen LogP contribution < -0.4 is 10.1 Å². The molecule has 2 amide bonds. The molecule has 0 spiro atoms. The van der Waals surface area contributed by atoms with E-state index in [-0.39, 0.29) is 36.6 Å². The third-order valence-corrected chi connectivity index (χ3v) is 5.65. The highest BCUT2D eigenvalue weighted by atomic mass is 19.1. The van der Waals surface area contributed by atoms with Crippen molar-refractivity contribution in [2.24, 2.45) is 0 Å². The van der Waals surface area contributed by atoms with Gasteiger partial charge in [-0.25, -0.2) is 8.78 Å². The third kappa shape index (κ3) is 5.22. The smallest absolute Gasteiger partial charge is 0.241 e. The number of nitrogens with zero attached hydrogens (tertiary/aromatic N) is 1. The zero-order valence-electron chi connectivity index (χ0n) is 17.5. The van der Waals surface area contributed by atoms with Crippen molar-refractivity contribution < 1.29 is 23.1 Å². The van der Waals surface area contributed by atoms with E-state index < -0.39 is 11.6 Å². The maximum absolute atomic E-state index is 13.8. The molecule has 1 aliphatic rings. The van der Waals surface area contributed by atoms with E-state index in [1.807, 2.05) is 42.5 Å². The number of carbonyl (C=O) groups is 2. The van der Waals surface area contributed by atoms with Crippen molar-refractivity contribution in [3.8, 4) is 5.75 Å². The minimum absolute atomic E-state index is 0.0110. The Labute approximate surface area is 185 Å². The predicted molar refractivity (Wildman–Crippen MR) is 117 cm³/mol. The molecule has 1 fully saturated rings. The molecular formula is C25H24F2N2O3. The highest BCUT2D eigenvalue weighted by Crippen LogP contribution is 2.23. The zero-order valence-corrected chi connectivity index (χ0v) is 17.5. The number of halogens is 2. The molecule has 3 aromatic carbocycles. The van der Waals surface area contributed by atoms with E-state index in [0.717, 1.165) is 28.5 Å². The van der Waals surface area contributed by atoms with E-state index in [4.69, 9.17) is 4.74 Å². The van der Waals surface area contributed by atoms with Gasteiger partial charge in [0.05, 0.1) is 13.0 Å². The van der Waals surface area contributed by atoms with Crippen molar-refractivity contribution in [1.29, 1.82) is 0 Å². The summed E-state index contributed by atoms with van der Waals surface area (Å²) >= 11 is 0. The van der Waals surface area contributed by atoms with Crippen molar-refractivity contribution in [2.75, 3.05) is 19.6 Å². The summed E-state index contributed by atoms with van der Waals surface area (Å²) in [5.74, 6) is -1.76. The number of fused-ring (bicyclic) bond motifs is 1. The lowest BCUT2D eigenvalue weighted by Gasteiger charge is -2.32. The average Bonchev–Trinajstić information content (AvgIpc) is 2.80. The maximum atomic E-state index is 13.8. The van der Waals surface area contributed by atoms with Crippen LogP contribution in [0.5, 0.6) is 5.75 Å². The van der Waals surface area contributed by atoms with E-state index in [9.17, 15) is 18.4 Å². The number of hydrogen-bond acceptors (Lipinski definition) is 3. The summed E-state index contributed by atoms with van der Waals surface area (Å²) in [6, 6.07) is 16.9. The van der Waals surface area contributed by atoms with E-state index in [1.54, 1.807) is 4.90 Å². The van der Waals surface area contributed by atoms with Gasteiger partial charge in [-0.3, -0.25) is 9.59 Å². The van der Waals surface area contributed by atoms with Crippen LogP contribution in [-0.4, -0.2) is 42.5 Å². The molecule has 166 valence electrons. The number of piperidine rings is 1. The summed E-state index contributed by atoms with van der Waals surface area (Å²) in [5, 5.41) is 4.80. The summed E-state index contributed by atoms with van der Waals surface area (Å²) in [6.07, 6.45) is 1.02. The molecule has 1 aliphatic heterocycles. The Kier molecular flexibility index (Phi) is 6.63. The number of likely N-dealkylation sites (tertiary alicyclic amines) is 1. The fraction of sp³-hybridized carbons (Fsp3) is 0.280. The van der Waals surface area contributed by atoms with Crippen LogP contribution in [0.25, 0.3) is 10.8 Å². The molecule has 0 atom stereocenters. The van der Waals surface area contributed by atoms with E-state index in [1.165, 1.54) is 6.07 Å². The highest BCUT2D eigenvalue weighted by Gasteiger charge is 2.25. The fourth-order valence-corrected chi connectivity index (χ4v) is 3.94. The molecule has 0 radical (unpaired) electrons. The van der Waals surface area contributed by atoms with Crippen molar-refractivity contribution in [3.63, 3.8) is 0 Å². The van der Waals surface area contributed by atoms with Gasteiger partial charge in [-0.1, -0.05) is 42.5 Å². The van der Waals surface area contributed by atoms with Gasteiger partial charge in [-0.15, -0.1) is 0 Å². The fourth-order valence-electron chi connectivity index (χ4n) is 3.94. The Morgan fingerprint density at radius 1 is 1.00 bits per heavy atom. The molecule has 5 nitrogen and oxygen atoms in total. The zero-order chi connectivity index (χ0) is 22.5. The average molecular weight is 438 g/mol. The van der Waals surface area contributed by atoms with Gasteiger partial charge in [0.2, 0.25) is 11.8 Å². The molecule has 7 heteroatoms. The molecule has 4 rings (SSSR count). The van der Waals surface area contributed by atoms with E-state index in [0.29, 0.717) is 25.9 Å². The second-order valence-electron chi connectivity index (χ2n) is 7.86. The second kappa shape index (κ2) is 9.77. The van der Waals surface area contributed by atoms with Crippen molar-refractivity contribution >= 4 is 22.6 Å². The summed E-state index contributed by atoms with van der Waals surface area (Å²) in [7, 11) is 0. The highest BCUT2D eigenvalue weighted by molar-refractivity contribution is 5.91. The lowest BCUT2D eigenvalue weighted by molar-refractivity contribution is -0.134. The molecule has 1 saturated heterocycles. The lowest BCUT2D eigenvalue weighted by atomic mass is 10.0. The molecule has 0 saturated carbocycles. The molecular weight excluding hydrogens is 414 g/mol. The summed E-state index contributed by atoms with van der Waals surface area (Å²) in [4.78, 5) is 26.5. The van der Waals surface area contributed by atoms with Gasteiger partial charge in [0.25, 0.3) is 0 Å². The van der Waals surface area contributed by atoms with Crippen LogP contribution in [0.15, 0.2) is 60.7 Å². The van der Waals surface area contributed by atoms with Crippen LogP contribution >= 0.6 is 0 Å². The van der Waals surface area contributed by atoms with Gasteiger partial charge in [0, 0.05) is 32.0 Å². The van der Waals surface area contributed by atoms with Crippen LogP contribution in [0.2, 0.25) is 0 Å². The SMILES string of the molecule is O=C(Cc1cccc2ccccc12)NCC(=O)N1CCC(Oc2ccc(F)cc2F)CC1. The van der Waals surface area contributed by atoms with Gasteiger partial charge < -0.3 is 15.0 Å². The second-order valence-corrected chi connectivity index (χ2v) is 7.86. The van der Waals surface area contributed by atoms with Crippen LogP contribution in [-0.2, 0) is 16.0 Å². The molecule has 0 aromatic heterocycles. The Bertz CT molecular complexity index is 1120. The molecule has 0 aliphatic carbocycles. The standard InChI is InChI=1S/C25H24F2N2O3/c26-19-8-9-23(22(27)15-19)32-20-10-12-29(13-11-20)25(31)16-28-24(30)14-18-6-3-5-17-4-1-2-7-21(17)18/h1-9,15,20H,10-14,16H2,(H,28,30).